The fourth-order valence-electron chi connectivity index (χ4n) is 3.40. The predicted octanol–water partition coefficient (Wildman–Crippen LogP) is -0.114. The smallest absolute Gasteiger partial charge is 0.326 e. The van der Waals surface area contributed by atoms with Gasteiger partial charge >= 0.3 is 5.97 Å². The first-order valence-corrected chi connectivity index (χ1v) is 11.6. The summed E-state index contributed by atoms with van der Waals surface area (Å²) < 4.78 is 0. The Morgan fingerprint density at radius 1 is 0.800 bits per heavy atom. The van der Waals surface area contributed by atoms with Gasteiger partial charge in [-0.25, -0.2) is 4.79 Å². The predicted molar refractivity (Wildman–Crippen MR) is 129 cm³/mol. The molecule has 11 heteroatoms. The van der Waals surface area contributed by atoms with Gasteiger partial charge in [0.05, 0.1) is 12.6 Å². The Labute approximate surface area is 205 Å². The van der Waals surface area contributed by atoms with Crippen LogP contribution in [0, 0.1) is 11.8 Å². The lowest BCUT2D eigenvalue weighted by Gasteiger charge is -2.25. The minimum Gasteiger partial charge on any atom is -0.508 e. The zero-order chi connectivity index (χ0) is 26.7. The highest BCUT2D eigenvalue weighted by atomic mass is 16.4. The number of carboxylic acids is 1. The molecule has 8 N–H and O–H groups in total. The van der Waals surface area contributed by atoms with Gasteiger partial charge in [-0.2, -0.15) is 0 Å². The normalized spacial score (nSPS) is 14.6. The molecule has 1 rings (SSSR count). The molecule has 4 atom stereocenters. The second-order valence-corrected chi connectivity index (χ2v) is 9.44. The van der Waals surface area contributed by atoms with Crippen molar-refractivity contribution in [2.24, 2.45) is 17.6 Å². The van der Waals surface area contributed by atoms with E-state index in [1.807, 2.05) is 27.7 Å². The molecule has 0 fully saturated rings. The Morgan fingerprint density at radius 2 is 1.29 bits per heavy atom. The number of carbonyl (C=O) groups is 4. The highest BCUT2D eigenvalue weighted by molar-refractivity contribution is 5.94. The zero-order valence-electron chi connectivity index (χ0n) is 20.7. The Hall–Kier alpha value is -3.18. The number of hydrogen-bond donors (Lipinski definition) is 7. The maximum atomic E-state index is 13.0. The van der Waals surface area contributed by atoms with Crippen molar-refractivity contribution in [1.82, 2.24) is 16.0 Å². The number of benzene rings is 1. The van der Waals surface area contributed by atoms with Crippen LogP contribution in [0.4, 0.5) is 0 Å². The van der Waals surface area contributed by atoms with Crippen molar-refractivity contribution < 1.29 is 34.5 Å². The molecule has 35 heavy (non-hydrogen) atoms. The number of carboxylic acid groups (broad SMARTS) is 1. The summed E-state index contributed by atoms with van der Waals surface area (Å²) in [4.78, 5) is 49.8. The van der Waals surface area contributed by atoms with Crippen molar-refractivity contribution in [3.8, 4) is 5.75 Å². The van der Waals surface area contributed by atoms with Crippen molar-refractivity contribution in [1.29, 1.82) is 0 Å². The molecule has 0 aliphatic rings. The van der Waals surface area contributed by atoms with Crippen LogP contribution in [0.3, 0.4) is 0 Å². The Balaban J connectivity index is 3.05. The van der Waals surface area contributed by atoms with Gasteiger partial charge in [-0.1, -0.05) is 39.8 Å². The highest BCUT2D eigenvalue weighted by Crippen LogP contribution is 2.12. The van der Waals surface area contributed by atoms with Crippen molar-refractivity contribution in [3.63, 3.8) is 0 Å². The number of phenolic OH excluding ortho intramolecular Hbond substituents is 1. The monoisotopic (exact) mass is 494 g/mol. The summed E-state index contributed by atoms with van der Waals surface area (Å²) >= 11 is 0. The first kappa shape index (κ1) is 29.9. The number of aliphatic hydroxyl groups is 1. The molecule has 0 aliphatic heterocycles. The van der Waals surface area contributed by atoms with Gasteiger partial charge in [0.25, 0.3) is 0 Å². The summed E-state index contributed by atoms with van der Waals surface area (Å²) in [6, 6.07) is 1.33. The maximum absolute atomic E-state index is 13.0. The van der Waals surface area contributed by atoms with E-state index in [2.05, 4.69) is 16.0 Å². The SMILES string of the molecule is CC(C)CC(N)C(=O)NC(CO)C(=O)NC(Cc1ccc(O)cc1)C(=O)NC(CC(C)C)C(=O)O. The van der Waals surface area contributed by atoms with Crippen LogP contribution in [0.5, 0.6) is 5.75 Å². The van der Waals surface area contributed by atoms with E-state index < -0.39 is 54.5 Å². The Kier molecular flexibility index (Phi) is 12.2. The van der Waals surface area contributed by atoms with Gasteiger partial charge < -0.3 is 37.0 Å². The number of nitrogens with one attached hydrogen (secondary N) is 3. The third-order valence-electron chi connectivity index (χ3n) is 5.21. The average molecular weight is 495 g/mol. The van der Waals surface area contributed by atoms with Gasteiger partial charge in [0.1, 0.15) is 23.9 Å². The molecule has 3 amide bonds. The number of amides is 3. The van der Waals surface area contributed by atoms with Gasteiger partial charge in [-0.05, 0) is 42.4 Å². The fourth-order valence-corrected chi connectivity index (χ4v) is 3.40. The minimum absolute atomic E-state index is 0.00873. The van der Waals surface area contributed by atoms with Crippen LogP contribution in [-0.4, -0.2) is 69.8 Å². The molecule has 0 aliphatic carbocycles. The van der Waals surface area contributed by atoms with E-state index >= 15 is 0 Å². The zero-order valence-corrected chi connectivity index (χ0v) is 20.7. The van der Waals surface area contributed by atoms with E-state index in [1.165, 1.54) is 12.1 Å². The van der Waals surface area contributed by atoms with Crippen LogP contribution >= 0.6 is 0 Å². The van der Waals surface area contributed by atoms with E-state index in [0.717, 1.165) is 0 Å². The summed E-state index contributed by atoms with van der Waals surface area (Å²) in [5, 5.41) is 36.0. The molecule has 0 aromatic heterocycles. The van der Waals surface area contributed by atoms with E-state index in [4.69, 9.17) is 5.73 Å². The molecule has 0 bridgehead atoms. The largest absolute Gasteiger partial charge is 0.508 e. The van der Waals surface area contributed by atoms with E-state index in [1.54, 1.807) is 12.1 Å². The van der Waals surface area contributed by atoms with Crippen molar-refractivity contribution in [2.75, 3.05) is 6.61 Å². The number of aromatic hydroxyl groups is 1. The third-order valence-corrected chi connectivity index (χ3v) is 5.21. The summed E-state index contributed by atoms with van der Waals surface area (Å²) in [5.41, 5.74) is 6.43. The van der Waals surface area contributed by atoms with E-state index in [-0.39, 0.29) is 30.4 Å². The average Bonchev–Trinajstić information content (AvgIpc) is 2.76. The van der Waals surface area contributed by atoms with Crippen LogP contribution < -0.4 is 21.7 Å². The second-order valence-electron chi connectivity index (χ2n) is 9.44. The van der Waals surface area contributed by atoms with Gasteiger partial charge in [-0.3, -0.25) is 14.4 Å². The lowest BCUT2D eigenvalue weighted by Crippen LogP contribution is -2.58. The molecule has 196 valence electrons. The molecular weight excluding hydrogens is 456 g/mol. The Morgan fingerprint density at radius 3 is 1.77 bits per heavy atom. The van der Waals surface area contributed by atoms with Gasteiger partial charge in [0.15, 0.2) is 0 Å². The molecule has 0 radical (unpaired) electrons. The molecular formula is C24H38N4O7. The topological polar surface area (TPSA) is 191 Å². The molecule has 0 saturated heterocycles. The first-order chi connectivity index (χ1) is 16.3. The summed E-state index contributed by atoms with van der Waals surface area (Å²) in [6.45, 7) is 6.68. The lowest BCUT2D eigenvalue weighted by molar-refractivity contribution is -0.142. The number of aliphatic hydroxyl groups excluding tert-OH is 1. The number of nitrogens with two attached hydrogens (primary N) is 1. The van der Waals surface area contributed by atoms with Gasteiger partial charge in [0.2, 0.25) is 17.7 Å². The molecule has 1 aromatic carbocycles. The molecule has 1 aromatic rings. The number of hydrogen-bond acceptors (Lipinski definition) is 7. The summed E-state index contributed by atoms with van der Waals surface area (Å²) in [5.74, 6) is -3.24. The first-order valence-electron chi connectivity index (χ1n) is 11.6. The standard InChI is InChI=1S/C24H38N4O7/c1-13(2)9-17(25)21(31)28-20(12-29)23(33)26-18(11-15-5-7-16(30)8-6-15)22(32)27-19(24(34)35)10-14(3)4/h5-8,13-14,17-20,29-30H,9-12,25H2,1-4H3,(H,26,33)(H,27,32)(H,28,31)(H,34,35). The minimum atomic E-state index is -1.36. The summed E-state index contributed by atoms with van der Waals surface area (Å²) in [7, 11) is 0. The van der Waals surface area contributed by atoms with Gasteiger partial charge in [0, 0.05) is 6.42 Å². The maximum Gasteiger partial charge on any atom is 0.326 e. The van der Waals surface area contributed by atoms with Crippen molar-refractivity contribution >= 4 is 23.7 Å². The highest BCUT2D eigenvalue weighted by Gasteiger charge is 2.30. The van der Waals surface area contributed by atoms with Crippen molar-refractivity contribution in [2.45, 2.75) is 71.1 Å². The number of carbonyl (C=O) groups excluding carboxylic acids is 3. The number of rotatable bonds is 14. The third kappa shape index (κ3) is 10.7. The fraction of sp³-hybridized carbons (Fsp3) is 0.583. The molecule has 4 unspecified atom stereocenters. The molecule has 0 saturated carbocycles. The quantitative estimate of drug-likeness (QED) is 0.186. The van der Waals surface area contributed by atoms with Crippen LogP contribution in [0.15, 0.2) is 24.3 Å². The van der Waals surface area contributed by atoms with E-state index in [0.29, 0.717) is 12.0 Å². The van der Waals surface area contributed by atoms with Crippen LogP contribution in [-0.2, 0) is 25.6 Å². The number of phenols is 1. The number of aliphatic carboxylic acids is 1. The van der Waals surface area contributed by atoms with Gasteiger partial charge in [-0.15, -0.1) is 0 Å². The van der Waals surface area contributed by atoms with Crippen LogP contribution in [0.2, 0.25) is 0 Å². The molecule has 11 nitrogen and oxygen atoms in total. The Bertz CT molecular complexity index is 858. The van der Waals surface area contributed by atoms with Crippen LogP contribution in [0.25, 0.3) is 0 Å². The summed E-state index contributed by atoms with van der Waals surface area (Å²) in [6.07, 6.45) is 0.540. The lowest BCUT2D eigenvalue weighted by atomic mass is 10.0. The van der Waals surface area contributed by atoms with Crippen LogP contribution in [0.1, 0.15) is 46.1 Å². The van der Waals surface area contributed by atoms with Crippen molar-refractivity contribution in [3.05, 3.63) is 29.8 Å². The second kappa shape index (κ2) is 14.3. The molecule has 0 spiro atoms. The van der Waals surface area contributed by atoms with E-state index in [9.17, 15) is 34.5 Å². The molecule has 0 heterocycles.